The molecular formula is C14H15BrN4O2. The van der Waals surface area contributed by atoms with Crippen molar-refractivity contribution in [1.29, 1.82) is 0 Å². The Bertz CT molecular complexity index is 698. The fraction of sp³-hybridized carbons (Fsp3) is 0.357. The molecule has 0 saturated carbocycles. The largest absolute Gasteiger partial charge is 0.480 e. The van der Waals surface area contributed by atoms with Crippen LogP contribution in [0.5, 0.6) is 0 Å². The van der Waals surface area contributed by atoms with Crippen LogP contribution in [0.15, 0.2) is 22.9 Å². The maximum absolute atomic E-state index is 11.0. The van der Waals surface area contributed by atoms with E-state index in [4.69, 9.17) is 10.8 Å². The molecule has 7 heteroatoms. The van der Waals surface area contributed by atoms with Crippen LogP contribution in [-0.4, -0.2) is 25.8 Å². The highest BCUT2D eigenvalue weighted by Crippen LogP contribution is 2.36. The molecule has 1 unspecified atom stereocenters. The van der Waals surface area contributed by atoms with Crippen molar-refractivity contribution in [2.24, 2.45) is 5.73 Å². The molecule has 2 aromatic rings. The first-order valence-electron chi connectivity index (χ1n) is 6.74. The third kappa shape index (κ3) is 2.71. The second kappa shape index (κ2) is 5.57. The Labute approximate surface area is 130 Å². The number of nitrogens with two attached hydrogens (primary N) is 1. The molecule has 0 fully saturated rings. The van der Waals surface area contributed by atoms with E-state index >= 15 is 0 Å². The Morgan fingerprint density at radius 1 is 1.52 bits per heavy atom. The zero-order valence-corrected chi connectivity index (χ0v) is 12.9. The summed E-state index contributed by atoms with van der Waals surface area (Å²) in [5.41, 5.74) is 9.72. The van der Waals surface area contributed by atoms with Crippen molar-refractivity contribution in [3.8, 4) is 11.3 Å². The van der Waals surface area contributed by atoms with E-state index in [9.17, 15) is 4.79 Å². The molecule has 110 valence electrons. The number of carbonyl (C=O) groups is 1. The molecule has 6 nitrogen and oxygen atoms in total. The Hall–Kier alpha value is -1.73. The van der Waals surface area contributed by atoms with Crippen molar-refractivity contribution in [2.75, 3.05) is 0 Å². The van der Waals surface area contributed by atoms with E-state index in [1.54, 1.807) is 17.1 Å². The number of carboxylic acid groups (broad SMARTS) is 1. The monoisotopic (exact) mass is 350 g/mol. The summed E-state index contributed by atoms with van der Waals surface area (Å²) in [6.07, 6.45) is 6.07. The molecular weight excluding hydrogens is 336 g/mol. The van der Waals surface area contributed by atoms with E-state index in [2.05, 4.69) is 26.0 Å². The third-order valence-corrected chi connectivity index (χ3v) is 4.09. The van der Waals surface area contributed by atoms with E-state index in [-0.39, 0.29) is 12.6 Å². The summed E-state index contributed by atoms with van der Waals surface area (Å²) in [6, 6.07) is 1.81. The lowest BCUT2D eigenvalue weighted by atomic mass is 9.90. The molecule has 0 aromatic carbocycles. The van der Waals surface area contributed by atoms with E-state index in [1.807, 2.05) is 6.07 Å². The number of halogens is 1. The van der Waals surface area contributed by atoms with Crippen LogP contribution in [0.25, 0.3) is 11.3 Å². The number of carboxylic acids is 1. The van der Waals surface area contributed by atoms with E-state index < -0.39 is 5.97 Å². The fourth-order valence-corrected chi connectivity index (χ4v) is 3.18. The van der Waals surface area contributed by atoms with Gasteiger partial charge >= 0.3 is 5.97 Å². The zero-order chi connectivity index (χ0) is 15.0. The number of hydrogen-bond donors (Lipinski definition) is 2. The average molecular weight is 351 g/mol. The number of rotatable bonds is 3. The van der Waals surface area contributed by atoms with Crippen LogP contribution in [0.4, 0.5) is 0 Å². The molecule has 0 bridgehead atoms. The Morgan fingerprint density at radius 3 is 3.05 bits per heavy atom. The first-order valence-corrected chi connectivity index (χ1v) is 7.53. The minimum absolute atomic E-state index is 0.106. The molecule has 0 radical (unpaired) electrons. The van der Waals surface area contributed by atoms with Crippen LogP contribution in [0.1, 0.15) is 30.1 Å². The second-order valence-electron chi connectivity index (χ2n) is 5.15. The Kier molecular flexibility index (Phi) is 3.77. The van der Waals surface area contributed by atoms with Crippen molar-refractivity contribution in [3.63, 3.8) is 0 Å². The number of aliphatic carboxylic acids is 1. The summed E-state index contributed by atoms with van der Waals surface area (Å²) in [5, 5.41) is 13.5. The quantitative estimate of drug-likeness (QED) is 0.884. The van der Waals surface area contributed by atoms with Gasteiger partial charge in [0.15, 0.2) is 0 Å². The first kappa shape index (κ1) is 14.2. The molecule has 0 saturated heterocycles. The molecule has 1 aliphatic carbocycles. The van der Waals surface area contributed by atoms with Gasteiger partial charge in [0.1, 0.15) is 6.54 Å². The molecule has 1 atom stereocenters. The van der Waals surface area contributed by atoms with Crippen LogP contribution in [0.2, 0.25) is 0 Å². The predicted molar refractivity (Wildman–Crippen MR) is 80.7 cm³/mol. The van der Waals surface area contributed by atoms with Gasteiger partial charge in [-0.2, -0.15) is 5.10 Å². The van der Waals surface area contributed by atoms with Crippen molar-refractivity contribution in [2.45, 2.75) is 31.8 Å². The third-order valence-electron chi connectivity index (χ3n) is 3.66. The summed E-state index contributed by atoms with van der Waals surface area (Å²) in [6.45, 7) is -0.142. The minimum Gasteiger partial charge on any atom is -0.480 e. The molecule has 21 heavy (non-hydrogen) atoms. The van der Waals surface area contributed by atoms with E-state index in [0.29, 0.717) is 0 Å². The molecule has 2 aromatic heterocycles. The van der Waals surface area contributed by atoms with Gasteiger partial charge in [0, 0.05) is 39.7 Å². The molecule has 0 aliphatic heterocycles. The topological polar surface area (TPSA) is 94.0 Å². The van der Waals surface area contributed by atoms with Gasteiger partial charge in [-0.15, -0.1) is 0 Å². The zero-order valence-electron chi connectivity index (χ0n) is 11.3. The standard InChI is InChI=1S/C14H15BrN4O2/c15-9-4-8(5-17-6-9)14-13-10(16)2-1-3-11(13)19(18-14)7-12(20)21/h4-6,10H,1-3,7,16H2,(H,20,21). The number of hydrogen-bond acceptors (Lipinski definition) is 4. The number of nitrogens with zero attached hydrogens (tertiary/aromatic N) is 3. The minimum atomic E-state index is -0.904. The van der Waals surface area contributed by atoms with Crippen molar-refractivity contribution < 1.29 is 9.90 Å². The smallest absolute Gasteiger partial charge is 0.325 e. The lowest BCUT2D eigenvalue weighted by Crippen LogP contribution is -2.20. The lowest BCUT2D eigenvalue weighted by Gasteiger charge is -2.20. The normalized spacial score (nSPS) is 17.5. The van der Waals surface area contributed by atoms with Crippen LogP contribution >= 0.6 is 15.9 Å². The fourth-order valence-electron chi connectivity index (χ4n) is 2.81. The maximum Gasteiger partial charge on any atom is 0.325 e. The van der Waals surface area contributed by atoms with Crippen molar-refractivity contribution in [1.82, 2.24) is 14.8 Å². The summed E-state index contributed by atoms with van der Waals surface area (Å²) in [5.74, 6) is -0.904. The van der Waals surface area contributed by atoms with Gasteiger partial charge in [0.2, 0.25) is 0 Å². The van der Waals surface area contributed by atoms with Gasteiger partial charge in [0.05, 0.1) is 5.69 Å². The lowest BCUT2D eigenvalue weighted by molar-refractivity contribution is -0.137. The van der Waals surface area contributed by atoms with Crippen LogP contribution in [-0.2, 0) is 17.8 Å². The van der Waals surface area contributed by atoms with Gasteiger partial charge in [-0.3, -0.25) is 14.5 Å². The number of pyridine rings is 1. The van der Waals surface area contributed by atoms with Crippen molar-refractivity contribution >= 4 is 21.9 Å². The number of aromatic nitrogens is 3. The number of fused-ring (bicyclic) bond motifs is 1. The van der Waals surface area contributed by atoms with Crippen LogP contribution in [0.3, 0.4) is 0 Å². The molecule has 1 aliphatic rings. The predicted octanol–water partition coefficient (Wildman–Crippen LogP) is 2.13. The highest BCUT2D eigenvalue weighted by Gasteiger charge is 2.27. The van der Waals surface area contributed by atoms with E-state index in [1.165, 1.54) is 0 Å². The Morgan fingerprint density at radius 2 is 2.33 bits per heavy atom. The molecule has 2 heterocycles. The van der Waals surface area contributed by atoms with E-state index in [0.717, 1.165) is 46.2 Å². The van der Waals surface area contributed by atoms with Gasteiger partial charge in [-0.25, -0.2) is 0 Å². The molecule has 0 spiro atoms. The van der Waals surface area contributed by atoms with Crippen molar-refractivity contribution in [3.05, 3.63) is 34.2 Å². The maximum atomic E-state index is 11.0. The molecule has 3 rings (SSSR count). The van der Waals surface area contributed by atoms with Gasteiger partial charge in [-0.05, 0) is 41.3 Å². The second-order valence-corrected chi connectivity index (χ2v) is 6.07. The Balaban J connectivity index is 2.16. The first-order chi connectivity index (χ1) is 10.1. The summed E-state index contributed by atoms with van der Waals surface area (Å²) in [7, 11) is 0. The molecule has 0 amide bonds. The van der Waals surface area contributed by atoms with Crippen LogP contribution < -0.4 is 5.73 Å². The SMILES string of the molecule is NC1CCCc2c1c(-c1cncc(Br)c1)nn2CC(=O)O. The summed E-state index contributed by atoms with van der Waals surface area (Å²) < 4.78 is 2.42. The molecule has 3 N–H and O–H groups in total. The average Bonchev–Trinajstić information content (AvgIpc) is 2.78. The van der Waals surface area contributed by atoms with Gasteiger partial charge < -0.3 is 10.8 Å². The summed E-state index contributed by atoms with van der Waals surface area (Å²) >= 11 is 3.40. The van der Waals surface area contributed by atoms with Crippen LogP contribution in [0, 0.1) is 0 Å². The summed E-state index contributed by atoms with van der Waals surface area (Å²) in [4.78, 5) is 15.2. The van der Waals surface area contributed by atoms with Gasteiger partial charge in [-0.1, -0.05) is 0 Å². The highest BCUT2D eigenvalue weighted by molar-refractivity contribution is 9.10. The highest BCUT2D eigenvalue weighted by atomic mass is 79.9. The van der Waals surface area contributed by atoms with Gasteiger partial charge in [0.25, 0.3) is 0 Å².